The second-order valence-electron chi connectivity index (χ2n) is 5.56. The molecule has 0 aromatic carbocycles. The van der Waals surface area contributed by atoms with Crippen LogP contribution in [0.5, 0.6) is 0 Å². The highest BCUT2D eigenvalue weighted by Crippen LogP contribution is 2.30. The summed E-state index contributed by atoms with van der Waals surface area (Å²) in [6.45, 7) is 3.13. The van der Waals surface area contributed by atoms with E-state index in [0.29, 0.717) is 28.9 Å². The number of ether oxygens (including phenoxy) is 1. The lowest BCUT2D eigenvalue weighted by Crippen LogP contribution is -2.25. The monoisotopic (exact) mass is 277 g/mol. The number of nitrogen functional groups attached to an aromatic ring is 1. The summed E-state index contributed by atoms with van der Waals surface area (Å²) in [4.78, 5) is 16.0. The van der Waals surface area contributed by atoms with Crippen LogP contribution in [0.1, 0.15) is 43.0 Å². The van der Waals surface area contributed by atoms with Crippen LogP contribution >= 0.6 is 0 Å². The summed E-state index contributed by atoms with van der Waals surface area (Å²) >= 11 is 0. The molecule has 1 aliphatic rings. The molecule has 5 nitrogen and oxygen atoms in total. The molecule has 3 N–H and O–H groups in total. The number of pyridine rings is 1. The van der Waals surface area contributed by atoms with Gasteiger partial charge in [0.25, 0.3) is 0 Å². The lowest BCUT2D eigenvalue weighted by Gasteiger charge is -2.29. The van der Waals surface area contributed by atoms with Gasteiger partial charge in [-0.3, -0.25) is 0 Å². The van der Waals surface area contributed by atoms with Gasteiger partial charge in [-0.15, -0.1) is 0 Å². The van der Waals surface area contributed by atoms with Gasteiger partial charge in [0.05, 0.1) is 19.0 Å². The summed E-state index contributed by atoms with van der Waals surface area (Å²) in [5.74, 6) is 1.49. The van der Waals surface area contributed by atoms with E-state index in [9.17, 15) is 4.79 Å². The molecule has 20 heavy (non-hydrogen) atoms. The smallest absolute Gasteiger partial charge is 0.341 e. The Balaban J connectivity index is 2.06. The molecule has 1 aliphatic carbocycles. The van der Waals surface area contributed by atoms with Gasteiger partial charge in [0.2, 0.25) is 0 Å². The number of hydrogen-bond acceptors (Lipinski definition) is 5. The van der Waals surface area contributed by atoms with Crippen molar-refractivity contribution < 1.29 is 9.53 Å². The predicted molar refractivity (Wildman–Crippen MR) is 79.6 cm³/mol. The van der Waals surface area contributed by atoms with Crippen molar-refractivity contribution in [3.8, 4) is 0 Å². The summed E-state index contributed by atoms with van der Waals surface area (Å²) in [5, 5.41) is 3.29. The zero-order valence-corrected chi connectivity index (χ0v) is 12.2. The highest BCUT2D eigenvalue weighted by atomic mass is 16.5. The van der Waals surface area contributed by atoms with Crippen molar-refractivity contribution in [2.24, 2.45) is 11.8 Å². The molecular formula is C15H23N3O2. The fraction of sp³-hybridized carbons (Fsp3) is 0.600. The first-order valence-corrected chi connectivity index (χ1v) is 7.19. The van der Waals surface area contributed by atoms with E-state index in [-0.39, 0.29) is 0 Å². The van der Waals surface area contributed by atoms with Gasteiger partial charge in [-0.2, -0.15) is 0 Å². The highest BCUT2D eigenvalue weighted by molar-refractivity contribution is 5.95. The van der Waals surface area contributed by atoms with Crippen LogP contribution < -0.4 is 11.1 Å². The van der Waals surface area contributed by atoms with Crippen molar-refractivity contribution in [1.82, 2.24) is 4.98 Å². The normalized spacial score (nSPS) is 22.3. The number of rotatable bonds is 4. The van der Waals surface area contributed by atoms with Crippen molar-refractivity contribution in [3.05, 3.63) is 17.8 Å². The van der Waals surface area contributed by atoms with E-state index in [1.165, 1.54) is 32.8 Å². The maximum Gasteiger partial charge on any atom is 0.341 e. The van der Waals surface area contributed by atoms with Crippen LogP contribution in [-0.2, 0) is 4.74 Å². The summed E-state index contributed by atoms with van der Waals surface area (Å²) < 4.78 is 4.77. The van der Waals surface area contributed by atoms with E-state index in [2.05, 4.69) is 17.2 Å². The van der Waals surface area contributed by atoms with Gasteiger partial charge >= 0.3 is 5.97 Å². The molecule has 1 aromatic heterocycles. The Labute approximate surface area is 119 Å². The Morgan fingerprint density at radius 2 is 2.25 bits per heavy atom. The average molecular weight is 277 g/mol. The number of nitrogens with one attached hydrogen (secondary N) is 1. The lowest BCUT2D eigenvalue weighted by molar-refractivity contribution is 0.0601. The van der Waals surface area contributed by atoms with E-state index in [0.717, 1.165) is 6.54 Å². The highest BCUT2D eigenvalue weighted by Gasteiger charge is 2.22. The minimum atomic E-state index is -0.413. The molecule has 2 unspecified atom stereocenters. The Bertz CT molecular complexity index is 476. The van der Waals surface area contributed by atoms with Crippen LogP contribution in [0.15, 0.2) is 12.3 Å². The van der Waals surface area contributed by atoms with Gasteiger partial charge in [-0.1, -0.05) is 26.2 Å². The zero-order chi connectivity index (χ0) is 14.5. The predicted octanol–water partition coefficient (Wildman–Crippen LogP) is 2.69. The maximum atomic E-state index is 11.7. The Kier molecular flexibility index (Phi) is 4.82. The third kappa shape index (κ3) is 3.40. The quantitative estimate of drug-likeness (QED) is 0.827. The molecule has 1 fully saturated rings. The average Bonchev–Trinajstić information content (AvgIpc) is 2.46. The number of nitrogens with zero attached hydrogens (tertiary/aromatic N) is 1. The summed E-state index contributed by atoms with van der Waals surface area (Å²) in [6, 6.07) is 1.60. The van der Waals surface area contributed by atoms with Crippen LogP contribution in [-0.4, -0.2) is 24.6 Å². The first-order valence-electron chi connectivity index (χ1n) is 7.19. The minimum absolute atomic E-state index is 0.399. The summed E-state index contributed by atoms with van der Waals surface area (Å²) in [7, 11) is 1.36. The number of aromatic nitrogens is 1. The molecule has 0 aliphatic heterocycles. The fourth-order valence-corrected chi connectivity index (χ4v) is 2.81. The number of carbonyl (C=O) groups is 1. The Morgan fingerprint density at radius 1 is 1.50 bits per heavy atom. The maximum absolute atomic E-state index is 11.7. The number of hydrogen-bond donors (Lipinski definition) is 2. The second-order valence-corrected chi connectivity index (χ2v) is 5.56. The number of anilines is 2. The number of esters is 1. The van der Waals surface area contributed by atoms with Crippen LogP contribution in [0.25, 0.3) is 0 Å². The molecule has 0 amide bonds. The van der Waals surface area contributed by atoms with Gasteiger partial charge in [0.1, 0.15) is 11.4 Å². The van der Waals surface area contributed by atoms with Crippen LogP contribution in [0.3, 0.4) is 0 Å². The van der Waals surface area contributed by atoms with E-state index >= 15 is 0 Å². The second kappa shape index (κ2) is 6.59. The number of nitrogens with two attached hydrogens (primary N) is 1. The first kappa shape index (κ1) is 14.6. The number of methoxy groups -OCH3 is 1. The van der Waals surface area contributed by atoms with Gasteiger partial charge < -0.3 is 15.8 Å². The van der Waals surface area contributed by atoms with Gasteiger partial charge in [0, 0.05) is 6.54 Å². The molecule has 0 spiro atoms. The Hall–Kier alpha value is -1.78. The van der Waals surface area contributed by atoms with Crippen LogP contribution in [0, 0.1) is 11.8 Å². The number of carbonyl (C=O) groups excluding carboxylic acids is 1. The topological polar surface area (TPSA) is 77.2 Å². The molecule has 1 aromatic rings. The molecule has 0 saturated heterocycles. The largest absolute Gasteiger partial charge is 0.465 e. The molecule has 0 radical (unpaired) electrons. The minimum Gasteiger partial charge on any atom is -0.465 e. The molecule has 1 heterocycles. The van der Waals surface area contributed by atoms with E-state index in [1.807, 2.05) is 0 Å². The standard InChI is InChI=1S/C15H23N3O2/c1-10-5-3-4-6-11(10)8-17-14-13(15(19)20-2)7-12(16)9-18-14/h7,9-11H,3-6,8,16H2,1-2H3,(H,17,18). The van der Waals surface area contributed by atoms with E-state index < -0.39 is 5.97 Å². The van der Waals surface area contributed by atoms with Crippen molar-refractivity contribution >= 4 is 17.5 Å². The molecule has 110 valence electrons. The van der Waals surface area contributed by atoms with Gasteiger partial charge in [-0.25, -0.2) is 9.78 Å². The molecule has 2 atom stereocenters. The summed E-state index contributed by atoms with van der Waals surface area (Å²) in [6.07, 6.45) is 6.68. The van der Waals surface area contributed by atoms with E-state index in [1.54, 1.807) is 12.3 Å². The first-order chi connectivity index (χ1) is 9.61. The molecule has 5 heteroatoms. The van der Waals surface area contributed by atoms with Gasteiger partial charge in [-0.05, 0) is 24.3 Å². The van der Waals surface area contributed by atoms with Crippen molar-refractivity contribution in [3.63, 3.8) is 0 Å². The van der Waals surface area contributed by atoms with E-state index in [4.69, 9.17) is 10.5 Å². The molecule has 2 rings (SSSR count). The summed E-state index contributed by atoms with van der Waals surface area (Å²) in [5.41, 5.74) is 6.54. The fourth-order valence-electron chi connectivity index (χ4n) is 2.81. The van der Waals surface area contributed by atoms with Crippen LogP contribution in [0.2, 0.25) is 0 Å². The third-order valence-corrected chi connectivity index (χ3v) is 4.13. The zero-order valence-electron chi connectivity index (χ0n) is 12.2. The lowest BCUT2D eigenvalue weighted by atomic mass is 9.80. The Morgan fingerprint density at radius 3 is 2.95 bits per heavy atom. The molecule has 0 bridgehead atoms. The van der Waals surface area contributed by atoms with Crippen LogP contribution in [0.4, 0.5) is 11.5 Å². The van der Waals surface area contributed by atoms with Crippen molar-refractivity contribution in [2.45, 2.75) is 32.6 Å². The SMILES string of the molecule is COC(=O)c1cc(N)cnc1NCC1CCCCC1C. The van der Waals surface area contributed by atoms with Crippen molar-refractivity contribution in [1.29, 1.82) is 0 Å². The van der Waals surface area contributed by atoms with Crippen molar-refractivity contribution in [2.75, 3.05) is 24.7 Å². The molecular weight excluding hydrogens is 254 g/mol. The van der Waals surface area contributed by atoms with Gasteiger partial charge in [0.15, 0.2) is 0 Å². The third-order valence-electron chi connectivity index (χ3n) is 4.13. The molecule has 1 saturated carbocycles.